The van der Waals surface area contributed by atoms with Gasteiger partial charge >= 0.3 is 0 Å². The van der Waals surface area contributed by atoms with Crippen molar-refractivity contribution in [1.82, 2.24) is 25.2 Å². The number of carbonyl (C=O) groups is 1. The first kappa shape index (κ1) is 17.4. The Hall–Kier alpha value is -2.45. The minimum Gasteiger partial charge on any atom is -0.420 e. The molecular weight excluding hydrogens is 340 g/mol. The molecule has 1 aliphatic rings. The minimum absolute atomic E-state index is 0.0231. The molecule has 1 fully saturated rings. The normalized spacial score (nSPS) is 29.7. The molecule has 13 nitrogen and oxygen atoms in total. The summed E-state index contributed by atoms with van der Waals surface area (Å²) in [6, 6.07) is 0. The van der Waals surface area contributed by atoms with Crippen LogP contribution in [0.2, 0.25) is 0 Å². The van der Waals surface area contributed by atoms with Crippen molar-refractivity contribution in [1.29, 1.82) is 0 Å². The number of amides is 1. The monoisotopic (exact) mass is 356 g/mol. The number of aromatic nitrogens is 5. The van der Waals surface area contributed by atoms with Crippen LogP contribution in [-0.4, -0.2) is 82.5 Å². The van der Waals surface area contributed by atoms with Crippen molar-refractivity contribution in [2.45, 2.75) is 37.1 Å². The van der Waals surface area contributed by atoms with Crippen LogP contribution in [0.1, 0.15) is 28.4 Å². The van der Waals surface area contributed by atoms with Crippen molar-refractivity contribution in [3.63, 3.8) is 0 Å². The molecule has 3 heterocycles. The van der Waals surface area contributed by atoms with E-state index in [0.29, 0.717) is 0 Å². The quantitative estimate of drug-likeness (QED) is 0.353. The van der Waals surface area contributed by atoms with Crippen LogP contribution in [0.5, 0.6) is 0 Å². The summed E-state index contributed by atoms with van der Waals surface area (Å²) < 4.78 is 11.9. The van der Waals surface area contributed by atoms with Gasteiger partial charge in [0.2, 0.25) is 11.8 Å². The first-order valence-electron chi connectivity index (χ1n) is 7.23. The highest BCUT2D eigenvalue weighted by Crippen LogP contribution is 2.31. The Morgan fingerprint density at radius 2 is 1.96 bits per heavy atom. The van der Waals surface area contributed by atoms with E-state index in [1.54, 1.807) is 0 Å². The molecule has 6 N–H and O–H groups in total. The van der Waals surface area contributed by atoms with Gasteiger partial charge in [0.1, 0.15) is 31.0 Å². The fourth-order valence-corrected chi connectivity index (χ4v) is 2.38. The van der Waals surface area contributed by atoms with Gasteiger partial charge in [-0.05, 0) is 0 Å². The summed E-state index contributed by atoms with van der Waals surface area (Å²) in [5.74, 6) is -0.825. The highest BCUT2D eigenvalue weighted by atomic mass is 16.6. The summed E-state index contributed by atoms with van der Waals surface area (Å²) in [5.41, 5.74) is 5.04. The number of aliphatic hydroxyl groups is 4. The second-order valence-corrected chi connectivity index (χ2v) is 5.45. The molecular formula is C12H16N6O7. The number of primary amides is 1. The van der Waals surface area contributed by atoms with Crippen molar-refractivity contribution in [3.8, 4) is 0 Å². The second-order valence-electron chi connectivity index (χ2n) is 5.45. The third-order valence-electron chi connectivity index (χ3n) is 3.71. The highest BCUT2D eigenvalue weighted by molar-refractivity contribution is 5.90. The van der Waals surface area contributed by atoms with E-state index >= 15 is 0 Å². The van der Waals surface area contributed by atoms with Crippen LogP contribution in [0, 0.1) is 0 Å². The van der Waals surface area contributed by atoms with Gasteiger partial charge in [-0.1, -0.05) is 5.21 Å². The van der Waals surface area contributed by atoms with E-state index in [2.05, 4.69) is 20.5 Å². The Labute approximate surface area is 139 Å². The van der Waals surface area contributed by atoms with Gasteiger partial charge in [0.15, 0.2) is 11.8 Å². The molecule has 2 aromatic heterocycles. The molecule has 0 saturated carbocycles. The predicted molar refractivity (Wildman–Crippen MR) is 74.7 cm³/mol. The van der Waals surface area contributed by atoms with E-state index in [1.807, 2.05) is 0 Å². The zero-order chi connectivity index (χ0) is 18.1. The number of carbonyl (C=O) groups excluding carboxylic acids is 1. The standard InChI is InChI=1S/C12H16N6O7/c13-11(23)4-1-18(17-14-4)2-6-15-16-12(25-6)10-9(22)8(21)7(20)5(3-19)24-10/h1,5,7-10,19-22H,2-3H2,(H2,13,23)/t5-,7-,8+,9-,10-/m1/s1. The van der Waals surface area contributed by atoms with E-state index in [0.717, 1.165) is 0 Å². The van der Waals surface area contributed by atoms with Crippen molar-refractivity contribution < 1.29 is 34.4 Å². The fraction of sp³-hybridized carbons (Fsp3) is 0.583. The lowest BCUT2D eigenvalue weighted by Crippen LogP contribution is -2.55. The Kier molecular flexibility index (Phi) is 4.73. The summed E-state index contributed by atoms with van der Waals surface area (Å²) >= 11 is 0. The maximum Gasteiger partial charge on any atom is 0.270 e. The molecule has 25 heavy (non-hydrogen) atoms. The molecule has 3 rings (SSSR count). The van der Waals surface area contributed by atoms with E-state index in [4.69, 9.17) is 14.9 Å². The Bertz CT molecular complexity index is 746. The van der Waals surface area contributed by atoms with Gasteiger partial charge in [0.25, 0.3) is 5.91 Å². The van der Waals surface area contributed by atoms with E-state index < -0.39 is 43.0 Å². The van der Waals surface area contributed by atoms with Crippen LogP contribution < -0.4 is 5.73 Å². The molecule has 0 aromatic carbocycles. The predicted octanol–water partition coefficient (Wildman–Crippen LogP) is -3.68. The van der Waals surface area contributed by atoms with Gasteiger partial charge in [-0.25, -0.2) is 4.68 Å². The number of rotatable bonds is 5. The maximum atomic E-state index is 11.0. The SMILES string of the molecule is NC(=O)c1cn(Cc2nnc([C@@H]3O[C@H](CO)[C@@H](O)[C@H](O)[C@H]3O)o2)nn1. The van der Waals surface area contributed by atoms with Crippen LogP contribution in [0.15, 0.2) is 10.6 Å². The zero-order valence-electron chi connectivity index (χ0n) is 12.7. The lowest BCUT2D eigenvalue weighted by Gasteiger charge is -2.38. The van der Waals surface area contributed by atoms with Crippen molar-refractivity contribution in [3.05, 3.63) is 23.7 Å². The Morgan fingerprint density at radius 3 is 2.60 bits per heavy atom. The summed E-state index contributed by atoms with van der Waals surface area (Å²) in [6.45, 7) is -0.595. The van der Waals surface area contributed by atoms with Gasteiger partial charge in [0, 0.05) is 0 Å². The first-order chi connectivity index (χ1) is 11.9. The lowest BCUT2D eigenvalue weighted by atomic mass is 9.95. The Balaban J connectivity index is 1.74. The van der Waals surface area contributed by atoms with Gasteiger partial charge < -0.3 is 35.3 Å². The van der Waals surface area contributed by atoms with Crippen LogP contribution in [0.4, 0.5) is 0 Å². The smallest absolute Gasteiger partial charge is 0.270 e. The molecule has 2 aromatic rings. The molecule has 13 heteroatoms. The van der Waals surface area contributed by atoms with Crippen LogP contribution in [-0.2, 0) is 11.3 Å². The van der Waals surface area contributed by atoms with Gasteiger partial charge in [-0.15, -0.1) is 15.3 Å². The average molecular weight is 356 g/mol. The second kappa shape index (κ2) is 6.81. The van der Waals surface area contributed by atoms with Crippen molar-refractivity contribution in [2.24, 2.45) is 5.73 Å². The number of aliphatic hydroxyl groups excluding tert-OH is 4. The number of hydrogen-bond acceptors (Lipinski definition) is 11. The maximum absolute atomic E-state index is 11.0. The fourth-order valence-electron chi connectivity index (χ4n) is 2.38. The summed E-state index contributed by atoms with van der Waals surface area (Å²) in [5, 5.41) is 53.4. The first-order valence-corrected chi connectivity index (χ1v) is 7.23. The van der Waals surface area contributed by atoms with Crippen LogP contribution in [0.25, 0.3) is 0 Å². The number of hydrogen-bond donors (Lipinski definition) is 5. The van der Waals surface area contributed by atoms with Crippen LogP contribution in [0.3, 0.4) is 0 Å². The van der Waals surface area contributed by atoms with E-state index in [-0.39, 0.29) is 24.0 Å². The third kappa shape index (κ3) is 3.35. The van der Waals surface area contributed by atoms with Gasteiger partial charge in [0.05, 0.1) is 12.8 Å². The number of nitrogens with zero attached hydrogens (tertiary/aromatic N) is 5. The molecule has 5 atom stereocenters. The largest absolute Gasteiger partial charge is 0.420 e. The number of nitrogens with two attached hydrogens (primary N) is 1. The lowest BCUT2D eigenvalue weighted by molar-refractivity contribution is -0.236. The van der Waals surface area contributed by atoms with Gasteiger partial charge in [-0.2, -0.15) is 0 Å². The highest BCUT2D eigenvalue weighted by Gasteiger charge is 2.46. The van der Waals surface area contributed by atoms with Crippen LogP contribution >= 0.6 is 0 Å². The third-order valence-corrected chi connectivity index (χ3v) is 3.71. The molecule has 0 bridgehead atoms. The Morgan fingerprint density at radius 1 is 1.20 bits per heavy atom. The molecule has 0 unspecified atom stereocenters. The zero-order valence-corrected chi connectivity index (χ0v) is 12.7. The average Bonchev–Trinajstić information content (AvgIpc) is 3.23. The number of ether oxygens (including phenoxy) is 1. The topological polar surface area (TPSA) is 203 Å². The van der Waals surface area contributed by atoms with E-state index in [9.17, 15) is 25.2 Å². The van der Waals surface area contributed by atoms with Crippen molar-refractivity contribution >= 4 is 5.91 Å². The molecule has 0 spiro atoms. The minimum atomic E-state index is -1.56. The molecule has 1 amide bonds. The molecule has 0 radical (unpaired) electrons. The van der Waals surface area contributed by atoms with Gasteiger partial charge in [-0.3, -0.25) is 4.79 Å². The van der Waals surface area contributed by atoms with E-state index in [1.165, 1.54) is 10.9 Å². The molecule has 0 aliphatic carbocycles. The molecule has 1 aliphatic heterocycles. The summed E-state index contributed by atoms with van der Waals surface area (Å²) in [6.07, 6.45) is -5.60. The summed E-state index contributed by atoms with van der Waals surface area (Å²) in [4.78, 5) is 11.0. The summed E-state index contributed by atoms with van der Waals surface area (Å²) in [7, 11) is 0. The van der Waals surface area contributed by atoms with Crippen molar-refractivity contribution in [2.75, 3.05) is 6.61 Å². The molecule has 1 saturated heterocycles. The molecule has 136 valence electrons.